The number of aromatic nitrogens is 3. The summed E-state index contributed by atoms with van der Waals surface area (Å²) in [7, 11) is 0. The fourth-order valence-corrected chi connectivity index (χ4v) is 2.15. The number of oxazole rings is 1. The van der Waals surface area contributed by atoms with Crippen LogP contribution in [0.25, 0.3) is 0 Å². The lowest BCUT2D eigenvalue weighted by Gasteiger charge is -2.05. The van der Waals surface area contributed by atoms with Crippen LogP contribution < -0.4 is 0 Å². The Morgan fingerprint density at radius 2 is 2.04 bits per heavy atom. The highest BCUT2D eigenvalue weighted by Gasteiger charge is 2.11. The van der Waals surface area contributed by atoms with Crippen molar-refractivity contribution in [2.45, 2.75) is 27.0 Å². The van der Waals surface area contributed by atoms with Gasteiger partial charge in [0.05, 0.1) is 17.6 Å². The Morgan fingerprint density at radius 1 is 1.26 bits per heavy atom. The molecule has 3 rings (SSSR count). The topological polar surface area (TPSA) is 70.2 Å². The van der Waals surface area contributed by atoms with Crippen molar-refractivity contribution >= 4 is 5.97 Å². The van der Waals surface area contributed by atoms with Crippen molar-refractivity contribution in [2.75, 3.05) is 0 Å². The molecule has 0 spiro atoms. The first-order chi connectivity index (χ1) is 11.1. The van der Waals surface area contributed by atoms with Crippen molar-refractivity contribution in [1.29, 1.82) is 0 Å². The summed E-state index contributed by atoms with van der Waals surface area (Å²) in [6.07, 6.45) is 5.38. The zero-order valence-corrected chi connectivity index (χ0v) is 13.0. The molecule has 6 heteroatoms. The van der Waals surface area contributed by atoms with E-state index in [-0.39, 0.29) is 6.61 Å². The molecule has 23 heavy (non-hydrogen) atoms. The molecule has 0 N–H and O–H groups in total. The molecule has 0 saturated carbocycles. The minimum absolute atomic E-state index is 0.0320. The summed E-state index contributed by atoms with van der Waals surface area (Å²) >= 11 is 0. The molecule has 2 heterocycles. The van der Waals surface area contributed by atoms with Gasteiger partial charge in [0, 0.05) is 18.9 Å². The number of ether oxygens (including phenoxy) is 1. The first-order valence-corrected chi connectivity index (χ1v) is 7.26. The van der Waals surface area contributed by atoms with Gasteiger partial charge in [-0.3, -0.25) is 0 Å². The van der Waals surface area contributed by atoms with Crippen molar-refractivity contribution in [3.8, 4) is 0 Å². The average molecular weight is 311 g/mol. The van der Waals surface area contributed by atoms with E-state index >= 15 is 0 Å². The monoisotopic (exact) mass is 311 g/mol. The predicted octanol–water partition coefficient (Wildman–Crippen LogP) is 2.89. The van der Waals surface area contributed by atoms with E-state index in [4.69, 9.17) is 9.15 Å². The molecule has 0 aliphatic rings. The maximum atomic E-state index is 12.0. The van der Waals surface area contributed by atoms with Gasteiger partial charge in [-0.05, 0) is 31.5 Å². The standard InChI is InChI=1S/C17H17N3O3/c1-12-13(2)23-16(19-12)10-22-17(21)15-5-3-14(4-6-15)9-20-8-7-18-11-20/h3-8,11H,9-10H2,1-2H3. The molecule has 0 saturated heterocycles. The number of hydrogen-bond donors (Lipinski definition) is 0. The van der Waals surface area contributed by atoms with Crippen LogP contribution in [-0.4, -0.2) is 20.5 Å². The number of imidazole rings is 1. The fraction of sp³-hybridized carbons (Fsp3) is 0.235. The highest BCUT2D eigenvalue weighted by molar-refractivity contribution is 5.89. The lowest BCUT2D eigenvalue weighted by Crippen LogP contribution is -2.06. The van der Waals surface area contributed by atoms with Gasteiger partial charge in [-0.1, -0.05) is 12.1 Å². The van der Waals surface area contributed by atoms with Crippen molar-refractivity contribution in [3.63, 3.8) is 0 Å². The third kappa shape index (κ3) is 3.66. The Morgan fingerprint density at radius 3 is 2.65 bits per heavy atom. The number of rotatable bonds is 5. The Kier molecular flexibility index (Phi) is 4.23. The maximum Gasteiger partial charge on any atom is 0.338 e. The molecule has 3 aromatic rings. The number of aryl methyl sites for hydroxylation is 2. The molecule has 6 nitrogen and oxygen atoms in total. The zero-order valence-electron chi connectivity index (χ0n) is 13.0. The third-order valence-electron chi connectivity index (χ3n) is 3.51. The van der Waals surface area contributed by atoms with Crippen molar-refractivity contribution in [1.82, 2.24) is 14.5 Å². The SMILES string of the molecule is Cc1nc(COC(=O)c2ccc(Cn3ccnc3)cc2)oc1C. The van der Waals surface area contributed by atoms with Crippen LogP contribution in [0.15, 0.2) is 47.4 Å². The van der Waals surface area contributed by atoms with Crippen LogP contribution >= 0.6 is 0 Å². The molecule has 0 aliphatic carbocycles. The van der Waals surface area contributed by atoms with Crippen LogP contribution in [0, 0.1) is 13.8 Å². The van der Waals surface area contributed by atoms with Crippen LogP contribution in [0.1, 0.15) is 33.3 Å². The number of esters is 1. The number of carbonyl (C=O) groups is 1. The van der Waals surface area contributed by atoms with Gasteiger partial charge in [0.1, 0.15) is 5.76 Å². The van der Waals surface area contributed by atoms with E-state index in [9.17, 15) is 4.79 Å². The summed E-state index contributed by atoms with van der Waals surface area (Å²) in [6, 6.07) is 7.30. The lowest BCUT2D eigenvalue weighted by molar-refractivity contribution is 0.0437. The Hall–Kier alpha value is -2.89. The first kappa shape index (κ1) is 15.0. The van der Waals surface area contributed by atoms with E-state index in [1.165, 1.54) is 0 Å². The van der Waals surface area contributed by atoms with Crippen LogP contribution in [0.5, 0.6) is 0 Å². The van der Waals surface area contributed by atoms with Gasteiger partial charge >= 0.3 is 5.97 Å². The number of carbonyl (C=O) groups excluding carboxylic acids is 1. The molecule has 0 amide bonds. The summed E-state index contributed by atoms with van der Waals surface area (Å²) in [5.41, 5.74) is 2.39. The minimum Gasteiger partial charge on any atom is -0.452 e. The van der Waals surface area contributed by atoms with Gasteiger partial charge in [0.15, 0.2) is 6.61 Å². The largest absolute Gasteiger partial charge is 0.452 e. The summed E-state index contributed by atoms with van der Waals surface area (Å²) in [6.45, 7) is 4.42. The molecule has 0 fully saturated rings. The second-order valence-corrected chi connectivity index (χ2v) is 5.26. The van der Waals surface area contributed by atoms with Gasteiger partial charge in [-0.15, -0.1) is 0 Å². The Bertz CT molecular complexity index is 770. The van der Waals surface area contributed by atoms with Crippen LogP contribution in [0.3, 0.4) is 0 Å². The highest BCUT2D eigenvalue weighted by Crippen LogP contribution is 2.12. The molecule has 1 aromatic carbocycles. The van der Waals surface area contributed by atoms with E-state index in [0.29, 0.717) is 18.0 Å². The molecule has 0 atom stereocenters. The van der Waals surface area contributed by atoms with Gasteiger partial charge in [-0.25, -0.2) is 14.8 Å². The molecule has 0 aliphatic heterocycles. The van der Waals surface area contributed by atoms with E-state index in [2.05, 4.69) is 9.97 Å². The summed E-state index contributed by atoms with van der Waals surface area (Å²) in [5.74, 6) is 0.748. The average Bonchev–Trinajstić information content (AvgIpc) is 3.16. The third-order valence-corrected chi connectivity index (χ3v) is 3.51. The summed E-state index contributed by atoms with van der Waals surface area (Å²) in [4.78, 5) is 20.2. The lowest BCUT2D eigenvalue weighted by atomic mass is 10.1. The van der Waals surface area contributed by atoms with E-state index in [1.807, 2.05) is 36.7 Å². The Balaban J connectivity index is 1.59. The van der Waals surface area contributed by atoms with Gasteiger partial charge in [0.25, 0.3) is 0 Å². The molecule has 0 radical (unpaired) electrons. The van der Waals surface area contributed by atoms with Crippen molar-refractivity contribution in [2.24, 2.45) is 0 Å². The predicted molar refractivity (Wildman–Crippen MR) is 82.9 cm³/mol. The molecular formula is C17H17N3O3. The van der Waals surface area contributed by atoms with E-state index < -0.39 is 5.97 Å². The Labute approximate surface area is 133 Å². The number of nitrogens with zero attached hydrogens (tertiary/aromatic N) is 3. The quantitative estimate of drug-likeness (QED) is 0.678. The summed E-state index contributed by atoms with van der Waals surface area (Å²) < 4.78 is 12.6. The van der Waals surface area contributed by atoms with E-state index in [1.54, 1.807) is 24.7 Å². The maximum absolute atomic E-state index is 12.0. The van der Waals surface area contributed by atoms with E-state index in [0.717, 1.165) is 17.0 Å². The number of benzene rings is 1. The van der Waals surface area contributed by atoms with Crippen molar-refractivity contribution < 1.29 is 13.9 Å². The normalized spacial score (nSPS) is 10.7. The molecule has 2 aromatic heterocycles. The van der Waals surface area contributed by atoms with Crippen LogP contribution in [-0.2, 0) is 17.9 Å². The summed E-state index contributed by atoms with van der Waals surface area (Å²) in [5, 5.41) is 0. The smallest absolute Gasteiger partial charge is 0.338 e. The van der Waals surface area contributed by atoms with Crippen LogP contribution in [0.4, 0.5) is 0 Å². The second-order valence-electron chi connectivity index (χ2n) is 5.26. The second kappa shape index (κ2) is 6.48. The minimum atomic E-state index is -0.396. The molecule has 0 bridgehead atoms. The van der Waals surface area contributed by atoms with Gasteiger partial charge in [0.2, 0.25) is 5.89 Å². The number of hydrogen-bond acceptors (Lipinski definition) is 5. The molecule has 0 unspecified atom stereocenters. The van der Waals surface area contributed by atoms with Gasteiger partial charge < -0.3 is 13.7 Å². The van der Waals surface area contributed by atoms with Crippen molar-refractivity contribution in [3.05, 3.63) is 71.5 Å². The first-order valence-electron chi connectivity index (χ1n) is 7.26. The molecular weight excluding hydrogens is 294 g/mol. The van der Waals surface area contributed by atoms with Gasteiger partial charge in [-0.2, -0.15) is 0 Å². The highest BCUT2D eigenvalue weighted by atomic mass is 16.5. The fourth-order valence-electron chi connectivity index (χ4n) is 2.15. The molecule has 118 valence electrons. The van der Waals surface area contributed by atoms with Crippen LogP contribution in [0.2, 0.25) is 0 Å². The zero-order chi connectivity index (χ0) is 16.2.